The van der Waals surface area contributed by atoms with Gasteiger partial charge in [-0.3, -0.25) is 9.88 Å². The number of carbonyl (C=O) groups is 1. The maximum atomic E-state index is 10.3. The number of hydrogen-bond acceptors (Lipinski definition) is 2. The molecular formula is C5H9BNO2P. The molecule has 0 spiro atoms. The van der Waals surface area contributed by atoms with Crippen molar-refractivity contribution in [2.24, 2.45) is 0 Å². The average molecular weight is 157 g/mol. The summed E-state index contributed by atoms with van der Waals surface area (Å²) < 4.78 is 0. The highest BCUT2D eigenvalue weighted by Crippen LogP contribution is 1.95. The molecule has 2 atom stereocenters. The van der Waals surface area contributed by atoms with E-state index in [2.05, 4.69) is 14.5 Å². The molecule has 0 aliphatic heterocycles. The zero-order chi connectivity index (χ0) is 7.98. The molecule has 0 heterocycles. The van der Waals surface area contributed by atoms with Gasteiger partial charge >= 0.3 is 5.97 Å². The van der Waals surface area contributed by atoms with Gasteiger partial charge in [0.15, 0.2) is 0 Å². The van der Waals surface area contributed by atoms with E-state index in [1.54, 1.807) is 6.08 Å². The maximum Gasteiger partial charge on any atom is 0.321 e. The molecule has 3 nitrogen and oxygen atoms in total. The van der Waals surface area contributed by atoms with Crippen LogP contribution in [0, 0.1) is 0 Å². The molecule has 2 unspecified atom stereocenters. The molecular weight excluding hydrogens is 148 g/mol. The highest BCUT2D eigenvalue weighted by atomic mass is 31.0. The van der Waals surface area contributed by atoms with Crippen LogP contribution >= 0.6 is 9.39 Å². The van der Waals surface area contributed by atoms with Crippen molar-refractivity contribution in [2.45, 2.75) is 12.5 Å². The van der Waals surface area contributed by atoms with Crippen molar-refractivity contribution in [3.05, 3.63) is 12.1 Å². The van der Waals surface area contributed by atoms with Gasteiger partial charge in [-0.15, -0.1) is 5.98 Å². The van der Waals surface area contributed by atoms with Crippen molar-refractivity contribution in [3.8, 4) is 0 Å². The molecule has 2 radical (unpaired) electrons. The van der Waals surface area contributed by atoms with Crippen molar-refractivity contribution in [3.63, 3.8) is 0 Å². The fourth-order valence-corrected chi connectivity index (χ4v) is 0.733. The topological polar surface area (TPSA) is 49.3 Å². The SMILES string of the molecule is [B]/C=C\CC(NP)C(=O)O. The molecule has 5 heteroatoms. The van der Waals surface area contributed by atoms with Gasteiger partial charge in [0.05, 0.1) is 0 Å². The summed E-state index contributed by atoms with van der Waals surface area (Å²) in [6.07, 6.45) is 1.99. The summed E-state index contributed by atoms with van der Waals surface area (Å²) in [5, 5.41) is 11.0. The summed E-state index contributed by atoms with van der Waals surface area (Å²) in [4.78, 5) is 10.3. The highest BCUT2D eigenvalue weighted by molar-refractivity contribution is 7.13. The fraction of sp³-hybridized carbons (Fsp3) is 0.400. The molecule has 0 fully saturated rings. The molecule has 0 saturated carbocycles. The van der Waals surface area contributed by atoms with Gasteiger partial charge in [-0.05, 0) is 6.42 Å². The first-order valence-corrected chi connectivity index (χ1v) is 3.35. The number of carboxylic acid groups (broad SMARTS) is 1. The van der Waals surface area contributed by atoms with Gasteiger partial charge in [0.2, 0.25) is 0 Å². The molecule has 10 heavy (non-hydrogen) atoms. The van der Waals surface area contributed by atoms with E-state index in [1.165, 1.54) is 5.98 Å². The number of aliphatic carboxylic acids is 1. The lowest BCUT2D eigenvalue weighted by atomic mass is 10.1. The van der Waals surface area contributed by atoms with Crippen LogP contribution in [0.15, 0.2) is 12.1 Å². The molecule has 0 rings (SSSR count). The van der Waals surface area contributed by atoms with Crippen LogP contribution < -0.4 is 5.09 Å². The van der Waals surface area contributed by atoms with E-state index >= 15 is 0 Å². The van der Waals surface area contributed by atoms with E-state index in [-0.39, 0.29) is 0 Å². The summed E-state index contributed by atoms with van der Waals surface area (Å²) in [7, 11) is 7.18. The molecule has 0 aromatic rings. The Balaban J connectivity index is 3.71. The van der Waals surface area contributed by atoms with Crippen LogP contribution in [0.4, 0.5) is 0 Å². The van der Waals surface area contributed by atoms with Gasteiger partial charge in [0.1, 0.15) is 13.9 Å². The normalized spacial score (nSPS) is 13.7. The summed E-state index contributed by atoms with van der Waals surface area (Å²) in [5.41, 5.74) is 0. The molecule has 0 amide bonds. The monoisotopic (exact) mass is 157 g/mol. The van der Waals surface area contributed by atoms with Crippen LogP contribution in [0.1, 0.15) is 6.42 Å². The van der Waals surface area contributed by atoms with Gasteiger partial charge in [0, 0.05) is 0 Å². The van der Waals surface area contributed by atoms with Gasteiger partial charge in [0.25, 0.3) is 0 Å². The fourth-order valence-electron chi connectivity index (χ4n) is 0.455. The third-order valence-electron chi connectivity index (χ3n) is 1.01. The van der Waals surface area contributed by atoms with Gasteiger partial charge in [-0.2, -0.15) is 0 Å². The van der Waals surface area contributed by atoms with Crippen LogP contribution in [-0.4, -0.2) is 25.0 Å². The number of hydrogen-bond donors (Lipinski definition) is 2. The third kappa shape index (κ3) is 3.65. The van der Waals surface area contributed by atoms with E-state index in [0.717, 1.165) is 0 Å². The van der Waals surface area contributed by atoms with E-state index in [1.807, 2.05) is 0 Å². The Morgan fingerprint density at radius 1 is 1.90 bits per heavy atom. The quantitative estimate of drug-likeness (QED) is 0.442. The number of nitrogens with one attached hydrogen (secondary N) is 1. The molecule has 0 aromatic carbocycles. The van der Waals surface area contributed by atoms with E-state index in [9.17, 15) is 4.79 Å². The Bertz CT molecular complexity index is 140. The summed E-state index contributed by atoms with van der Waals surface area (Å²) in [6.45, 7) is 0. The first kappa shape index (κ1) is 9.66. The zero-order valence-corrected chi connectivity index (χ0v) is 6.60. The lowest BCUT2D eigenvalue weighted by Crippen LogP contribution is -2.29. The molecule has 0 bridgehead atoms. The van der Waals surface area contributed by atoms with Gasteiger partial charge < -0.3 is 5.11 Å². The molecule has 0 aliphatic rings. The minimum absolute atomic E-state index is 0.398. The minimum atomic E-state index is -0.881. The van der Waals surface area contributed by atoms with E-state index in [4.69, 9.17) is 13.0 Å². The Morgan fingerprint density at radius 3 is 2.80 bits per heavy atom. The smallest absolute Gasteiger partial charge is 0.321 e. The molecule has 0 aliphatic carbocycles. The second-order valence-electron chi connectivity index (χ2n) is 1.72. The molecule has 0 saturated heterocycles. The summed E-state index contributed by atoms with van der Waals surface area (Å²) >= 11 is 0. The predicted molar refractivity (Wildman–Crippen MR) is 43.8 cm³/mol. The van der Waals surface area contributed by atoms with Crippen LogP contribution in [0.2, 0.25) is 0 Å². The molecule has 0 aromatic heterocycles. The van der Waals surface area contributed by atoms with Gasteiger partial charge in [-0.25, -0.2) is 0 Å². The molecule has 2 N–H and O–H groups in total. The van der Waals surface area contributed by atoms with Crippen molar-refractivity contribution >= 4 is 23.2 Å². The molecule has 54 valence electrons. The first-order chi connectivity index (χ1) is 4.72. The Kier molecular flexibility index (Phi) is 5.27. The standard InChI is InChI=1S/C5H9BNO2P/c6-3-1-2-4(7-10)5(8)9/h1,3-4,7H,2,10H2,(H,8,9)/b3-1-. The van der Waals surface area contributed by atoms with Crippen LogP contribution in [-0.2, 0) is 4.79 Å². The number of rotatable bonds is 4. The van der Waals surface area contributed by atoms with Crippen LogP contribution in [0.5, 0.6) is 0 Å². The Hall–Kier alpha value is -0.335. The Morgan fingerprint density at radius 2 is 2.50 bits per heavy atom. The predicted octanol–water partition coefficient (Wildman–Crippen LogP) is -0.108. The lowest BCUT2D eigenvalue weighted by molar-refractivity contribution is -0.138. The third-order valence-corrected chi connectivity index (χ3v) is 1.41. The van der Waals surface area contributed by atoms with Crippen molar-refractivity contribution in [1.29, 1.82) is 0 Å². The highest BCUT2D eigenvalue weighted by Gasteiger charge is 2.11. The average Bonchev–Trinajstić information content (AvgIpc) is 1.89. The number of carboxylic acids is 1. The Labute approximate surface area is 63.6 Å². The zero-order valence-electron chi connectivity index (χ0n) is 5.45. The summed E-state index contributed by atoms with van der Waals surface area (Å²) in [6, 6.07) is -0.565. The van der Waals surface area contributed by atoms with Crippen molar-refractivity contribution in [2.75, 3.05) is 0 Å². The van der Waals surface area contributed by atoms with E-state index in [0.29, 0.717) is 6.42 Å². The van der Waals surface area contributed by atoms with Crippen LogP contribution in [0.25, 0.3) is 0 Å². The van der Waals surface area contributed by atoms with Crippen molar-refractivity contribution in [1.82, 2.24) is 5.09 Å². The van der Waals surface area contributed by atoms with Gasteiger partial charge in [-0.1, -0.05) is 15.5 Å². The van der Waals surface area contributed by atoms with Crippen LogP contribution in [0.3, 0.4) is 0 Å². The lowest BCUT2D eigenvalue weighted by Gasteiger charge is -2.06. The second-order valence-corrected chi connectivity index (χ2v) is 2.05. The largest absolute Gasteiger partial charge is 0.480 e. The van der Waals surface area contributed by atoms with E-state index < -0.39 is 12.0 Å². The first-order valence-electron chi connectivity index (χ1n) is 2.78. The van der Waals surface area contributed by atoms with Crippen molar-refractivity contribution < 1.29 is 9.90 Å². The maximum absolute atomic E-state index is 10.3. The second kappa shape index (κ2) is 5.45. The minimum Gasteiger partial charge on any atom is -0.480 e. The summed E-state index contributed by atoms with van der Waals surface area (Å²) in [5.74, 6) is 0.450.